The van der Waals surface area contributed by atoms with Crippen LogP contribution in [0.4, 0.5) is 0 Å². The van der Waals surface area contributed by atoms with Crippen molar-refractivity contribution in [3.63, 3.8) is 0 Å². The average molecular weight is 249 g/mol. The largest absolute Gasteiger partial charge is 0.506 e. The number of phenolic OH excluding ortho intramolecular Hbond substituents is 1. The minimum Gasteiger partial charge on any atom is -0.506 e. The summed E-state index contributed by atoms with van der Waals surface area (Å²) in [7, 11) is 0. The topological polar surface area (TPSA) is 44.3 Å². The monoisotopic (exact) mass is 248 g/mol. The third kappa shape index (κ3) is 2.98. The van der Waals surface area contributed by atoms with E-state index in [-0.39, 0.29) is 18.2 Å². The van der Waals surface area contributed by atoms with Gasteiger partial charge in [-0.05, 0) is 17.7 Å². The molecular formula is C10H14Cl2N2O. The van der Waals surface area contributed by atoms with Crippen LogP contribution < -0.4 is 10.6 Å². The van der Waals surface area contributed by atoms with Crippen molar-refractivity contribution < 1.29 is 5.11 Å². The molecule has 0 bridgehead atoms. The number of phenols is 1. The van der Waals surface area contributed by atoms with E-state index in [0.717, 1.165) is 25.2 Å². The molecule has 0 unspecified atom stereocenters. The van der Waals surface area contributed by atoms with Crippen LogP contribution in [0.3, 0.4) is 0 Å². The Morgan fingerprint density at radius 1 is 1.33 bits per heavy atom. The summed E-state index contributed by atoms with van der Waals surface area (Å²) in [5.41, 5.74) is 1.11. The molecule has 0 radical (unpaired) electrons. The third-order valence-electron chi connectivity index (χ3n) is 2.42. The van der Waals surface area contributed by atoms with Gasteiger partial charge in [-0.1, -0.05) is 17.7 Å². The van der Waals surface area contributed by atoms with Gasteiger partial charge in [-0.2, -0.15) is 0 Å². The number of aromatic hydroxyl groups is 1. The summed E-state index contributed by atoms with van der Waals surface area (Å²) in [5, 5.41) is 16.4. The first kappa shape index (κ1) is 12.6. The molecule has 0 amide bonds. The molecule has 2 rings (SSSR count). The maximum absolute atomic E-state index is 9.27. The first-order valence-electron chi connectivity index (χ1n) is 4.70. The maximum Gasteiger partial charge on any atom is 0.134 e. The Labute approximate surface area is 100 Å². The van der Waals surface area contributed by atoms with Crippen LogP contribution in [0.2, 0.25) is 5.02 Å². The Morgan fingerprint density at radius 3 is 2.73 bits per heavy atom. The summed E-state index contributed by atoms with van der Waals surface area (Å²) in [4.78, 5) is 0. The van der Waals surface area contributed by atoms with Crippen LogP contribution >= 0.6 is 24.0 Å². The minimum atomic E-state index is 0. The van der Waals surface area contributed by atoms with Gasteiger partial charge in [0.1, 0.15) is 5.75 Å². The molecule has 1 heterocycles. The molecular weight excluding hydrogens is 235 g/mol. The van der Waals surface area contributed by atoms with Crippen LogP contribution in [-0.2, 0) is 0 Å². The van der Waals surface area contributed by atoms with Gasteiger partial charge < -0.3 is 15.7 Å². The zero-order chi connectivity index (χ0) is 9.97. The Balaban J connectivity index is 0.00000112. The van der Waals surface area contributed by atoms with E-state index in [0.29, 0.717) is 11.1 Å². The highest BCUT2D eigenvalue weighted by atomic mass is 35.5. The average Bonchev–Trinajstić information content (AvgIpc) is 2.23. The smallest absolute Gasteiger partial charge is 0.134 e. The maximum atomic E-state index is 9.27. The van der Waals surface area contributed by atoms with Gasteiger partial charge in [0.05, 0.1) is 5.02 Å². The molecule has 1 fully saturated rings. The van der Waals surface area contributed by atoms with Crippen molar-refractivity contribution in [1.29, 1.82) is 0 Å². The minimum absolute atomic E-state index is 0. The Bertz CT molecular complexity index is 327. The van der Waals surface area contributed by atoms with E-state index >= 15 is 0 Å². The number of halogens is 2. The molecule has 3 nitrogen and oxygen atoms in total. The van der Waals surface area contributed by atoms with E-state index in [4.69, 9.17) is 11.6 Å². The molecule has 1 aliphatic heterocycles. The van der Waals surface area contributed by atoms with Gasteiger partial charge in [0.2, 0.25) is 0 Å². The van der Waals surface area contributed by atoms with Crippen molar-refractivity contribution in [2.24, 2.45) is 0 Å². The quantitative estimate of drug-likeness (QED) is 0.709. The van der Waals surface area contributed by atoms with E-state index in [1.807, 2.05) is 12.1 Å². The third-order valence-corrected chi connectivity index (χ3v) is 2.72. The summed E-state index contributed by atoms with van der Waals surface area (Å²) in [6.07, 6.45) is 0. The lowest BCUT2D eigenvalue weighted by Gasteiger charge is -2.25. The van der Waals surface area contributed by atoms with Gasteiger partial charge in [0.25, 0.3) is 0 Å². The van der Waals surface area contributed by atoms with Crippen molar-refractivity contribution in [2.75, 3.05) is 19.6 Å². The van der Waals surface area contributed by atoms with E-state index < -0.39 is 0 Å². The van der Waals surface area contributed by atoms with E-state index in [2.05, 4.69) is 10.6 Å². The molecule has 0 aromatic heterocycles. The lowest BCUT2D eigenvalue weighted by atomic mass is 10.1. The lowest BCUT2D eigenvalue weighted by molar-refractivity contribution is 0.429. The number of piperazine rings is 1. The van der Waals surface area contributed by atoms with E-state index in [1.165, 1.54) is 0 Å². The number of rotatable bonds is 1. The molecule has 3 N–H and O–H groups in total. The number of benzene rings is 1. The summed E-state index contributed by atoms with van der Waals surface area (Å²) >= 11 is 5.83. The van der Waals surface area contributed by atoms with Crippen molar-refractivity contribution in [1.82, 2.24) is 10.6 Å². The van der Waals surface area contributed by atoms with Gasteiger partial charge in [0, 0.05) is 25.7 Å². The normalized spacial score (nSPS) is 20.7. The summed E-state index contributed by atoms with van der Waals surface area (Å²) in [5.74, 6) is 0.138. The summed E-state index contributed by atoms with van der Waals surface area (Å²) < 4.78 is 0. The second-order valence-electron chi connectivity index (χ2n) is 3.42. The fraction of sp³-hybridized carbons (Fsp3) is 0.400. The molecule has 84 valence electrons. The molecule has 15 heavy (non-hydrogen) atoms. The summed E-state index contributed by atoms with van der Waals surface area (Å²) in [6.45, 7) is 2.87. The van der Waals surface area contributed by atoms with Gasteiger partial charge in [0.15, 0.2) is 0 Å². The van der Waals surface area contributed by atoms with Gasteiger partial charge in [-0.25, -0.2) is 0 Å². The molecule has 0 spiro atoms. The molecule has 1 aromatic rings. The fourth-order valence-corrected chi connectivity index (χ4v) is 1.82. The molecule has 1 saturated heterocycles. The molecule has 1 aliphatic rings. The second-order valence-corrected chi connectivity index (χ2v) is 3.83. The highest BCUT2D eigenvalue weighted by Gasteiger charge is 2.14. The first-order chi connectivity index (χ1) is 6.77. The molecule has 1 aromatic carbocycles. The summed E-state index contributed by atoms with van der Waals surface area (Å²) in [6, 6.07) is 5.63. The van der Waals surface area contributed by atoms with Gasteiger partial charge in [-0.15, -0.1) is 12.4 Å². The van der Waals surface area contributed by atoms with Crippen molar-refractivity contribution in [2.45, 2.75) is 6.04 Å². The molecule has 5 heteroatoms. The van der Waals surface area contributed by atoms with Crippen LogP contribution in [0.15, 0.2) is 18.2 Å². The van der Waals surface area contributed by atoms with Crippen LogP contribution in [0, 0.1) is 0 Å². The Kier molecular flexibility index (Phi) is 4.67. The Hall–Kier alpha value is -0.480. The second kappa shape index (κ2) is 5.56. The predicted octanol–water partition coefficient (Wildman–Crippen LogP) is 1.70. The molecule has 1 atom stereocenters. The lowest BCUT2D eigenvalue weighted by Crippen LogP contribution is -2.42. The molecule has 0 saturated carbocycles. The number of hydrogen-bond donors (Lipinski definition) is 3. The number of hydrogen-bond acceptors (Lipinski definition) is 3. The zero-order valence-electron chi connectivity index (χ0n) is 8.16. The van der Waals surface area contributed by atoms with E-state index in [1.54, 1.807) is 6.07 Å². The van der Waals surface area contributed by atoms with Crippen LogP contribution in [0.5, 0.6) is 5.75 Å². The number of nitrogens with one attached hydrogen (secondary N) is 2. The molecule has 0 aliphatic carbocycles. The van der Waals surface area contributed by atoms with Crippen LogP contribution in [0.1, 0.15) is 11.6 Å². The Morgan fingerprint density at radius 2 is 2.13 bits per heavy atom. The SMILES string of the molecule is Cl.Oc1ccc([C@@H]2CNCCN2)cc1Cl. The standard InChI is InChI=1S/C10H13ClN2O.ClH/c11-8-5-7(1-2-10(8)14)9-6-12-3-4-13-9;/h1-2,5,9,12-14H,3-4,6H2;1H/t9-;/m0./s1. The van der Waals surface area contributed by atoms with Crippen LogP contribution in [0.25, 0.3) is 0 Å². The first-order valence-corrected chi connectivity index (χ1v) is 5.07. The van der Waals surface area contributed by atoms with Crippen LogP contribution in [-0.4, -0.2) is 24.7 Å². The van der Waals surface area contributed by atoms with E-state index in [9.17, 15) is 5.11 Å². The van der Waals surface area contributed by atoms with Gasteiger partial charge >= 0.3 is 0 Å². The highest BCUT2D eigenvalue weighted by molar-refractivity contribution is 6.32. The fourth-order valence-electron chi connectivity index (χ4n) is 1.63. The highest BCUT2D eigenvalue weighted by Crippen LogP contribution is 2.26. The van der Waals surface area contributed by atoms with Crippen molar-refractivity contribution in [3.05, 3.63) is 28.8 Å². The van der Waals surface area contributed by atoms with Gasteiger partial charge in [-0.3, -0.25) is 0 Å². The van der Waals surface area contributed by atoms with Crippen molar-refractivity contribution >= 4 is 24.0 Å². The zero-order valence-corrected chi connectivity index (χ0v) is 9.74. The predicted molar refractivity (Wildman–Crippen MR) is 64.0 cm³/mol. The van der Waals surface area contributed by atoms with Crippen molar-refractivity contribution in [3.8, 4) is 5.75 Å².